The van der Waals surface area contributed by atoms with Crippen LogP contribution in [0, 0.1) is 0 Å². The molecule has 2 fully saturated rings. The third kappa shape index (κ3) is 4.84. The molecular formula is C14H29N3O. The third-order valence-corrected chi connectivity index (χ3v) is 3.93. The van der Waals surface area contributed by atoms with Crippen molar-refractivity contribution in [1.82, 2.24) is 15.1 Å². The van der Waals surface area contributed by atoms with E-state index in [1.165, 1.54) is 39.0 Å². The molecule has 0 amide bonds. The Balaban J connectivity index is 1.65. The zero-order valence-corrected chi connectivity index (χ0v) is 12.1. The molecule has 2 rings (SSSR count). The maximum Gasteiger partial charge on any atom is 0.0594 e. The van der Waals surface area contributed by atoms with Crippen molar-refractivity contribution in [1.29, 1.82) is 0 Å². The number of rotatable bonds is 4. The molecule has 0 atom stereocenters. The van der Waals surface area contributed by atoms with Gasteiger partial charge >= 0.3 is 0 Å². The van der Waals surface area contributed by atoms with E-state index in [1.54, 1.807) is 0 Å². The molecule has 0 spiro atoms. The second-order valence-corrected chi connectivity index (χ2v) is 6.25. The third-order valence-electron chi connectivity index (χ3n) is 3.93. The first-order valence-corrected chi connectivity index (χ1v) is 7.43. The monoisotopic (exact) mass is 255 g/mol. The van der Waals surface area contributed by atoms with Gasteiger partial charge in [0.15, 0.2) is 0 Å². The van der Waals surface area contributed by atoms with Crippen molar-refractivity contribution in [2.24, 2.45) is 0 Å². The highest BCUT2D eigenvalue weighted by atomic mass is 16.5. The summed E-state index contributed by atoms with van der Waals surface area (Å²) in [5.41, 5.74) is 0.273. The van der Waals surface area contributed by atoms with E-state index in [4.69, 9.17) is 4.74 Å². The average Bonchev–Trinajstić information content (AvgIpc) is 2.51. The van der Waals surface area contributed by atoms with E-state index in [9.17, 15) is 0 Å². The summed E-state index contributed by atoms with van der Waals surface area (Å²) in [5, 5.41) is 3.62. The lowest BCUT2D eigenvalue weighted by atomic mass is 10.1. The summed E-state index contributed by atoms with van der Waals surface area (Å²) in [7, 11) is 0. The molecule has 106 valence electrons. The Morgan fingerprint density at radius 2 is 1.78 bits per heavy atom. The van der Waals surface area contributed by atoms with Crippen molar-refractivity contribution < 1.29 is 4.74 Å². The molecular weight excluding hydrogens is 226 g/mol. The molecule has 1 N–H and O–H groups in total. The van der Waals surface area contributed by atoms with Gasteiger partial charge in [0.2, 0.25) is 0 Å². The molecule has 0 radical (unpaired) electrons. The van der Waals surface area contributed by atoms with Gasteiger partial charge in [0, 0.05) is 25.2 Å². The highest BCUT2D eigenvalue weighted by Gasteiger charge is 2.23. The van der Waals surface area contributed by atoms with Gasteiger partial charge in [-0.1, -0.05) is 0 Å². The number of nitrogens with one attached hydrogen (secondary N) is 1. The molecule has 0 saturated carbocycles. The minimum atomic E-state index is 0.273. The van der Waals surface area contributed by atoms with Crippen molar-refractivity contribution >= 4 is 0 Å². The lowest BCUT2D eigenvalue weighted by Crippen LogP contribution is -2.47. The maximum atomic E-state index is 5.38. The fourth-order valence-corrected chi connectivity index (χ4v) is 2.96. The van der Waals surface area contributed by atoms with Crippen molar-refractivity contribution in [3.8, 4) is 0 Å². The first kappa shape index (κ1) is 14.3. The molecule has 0 aliphatic carbocycles. The smallest absolute Gasteiger partial charge is 0.0594 e. The molecule has 2 saturated heterocycles. The summed E-state index contributed by atoms with van der Waals surface area (Å²) in [6.45, 7) is 14.8. The lowest BCUT2D eigenvalue weighted by Gasteiger charge is -2.31. The molecule has 0 aromatic heterocycles. The minimum absolute atomic E-state index is 0.273. The van der Waals surface area contributed by atoms with Crippen LogP contribution < -0.4 is 5.32 Å². The van der Waals surface area contributed by atoms with Crippen LogP contribution >= 0.6 is 0 Å². The fraction of sp³-hybridized carbons (Fsp3) is 1.00. The van der Waals surface area contributed by atoms with Crippen molar-refractivity contribution in [2.75, 3.05) is 59.0 Å². The van der Waals surface area contributed by atoms with Crippen LogP contribution in [0.2, 0.25) is 0 Å². The summed E-state index contributed by atoms with van der Waals surface area (Å²) in [6.07, 6.45) is 2.57. The van der Waals surface area contributed by atoms with Crippen LogP contribution in [0.3, 0.4) is 0 Å². The predicted octanol–water partition coefficient (Wildman–Crippen LogP) is 0.783. The number of ether oxygens (including phenoxy) is 1. The van der Waals surface area contributed by atoms with Crippen molar-refractivity contribution in [3.63, 3.8) is 0 Å². The van der Waals surface area contributed by atoms with Gasteiger partial charge in [-0.2, -0.15) is 0 Å². The van der Waals surface area contributed by atoms with Gasteiger partial charge < -0.3 is 15.0 Å². The minimum Gasteiger partial charge on any atom is -0.379 e. The van der Waals surface area contributed by atoms with Gasteiger partial charge in [0.05, 0.1) is 13.2 Å². The first-order valence-electron chi connectivity index (χ1n) is 7.43. The van der Waals surface area contributed by atoms with Crippen LogP contribution in [-0.4, -0.2) is 74.4 Å². The van der Waals surface area contributed by atoms with Gasteiger partial charge in [0.1, 0.15) is 0 Å². The largest absolute Gasteiger partial charge is 0.379 e. The van der Waals surface area contributed by atoms with Crippen LogP contribution in [0.4, 0.5) is 0 Å². The Kier molecular flexibility index (Phi) is 5.42. The second-order valence-electron chi connectivity index (χ2n) is 6.25. The summed E-state index contributed by atoms with van der Waals surface area (Å²) < 4.78 is 5.38. The Hall–Kier alpha value is -0.160. The summed E-state index contributed by atoms with van der Waals surface area (Å²) in [4.78, 5) is 5.16. The molecule has 0 aromatic rings. The zero-order valence-electron chi connectivity index (χ0n) is 12.1. The highest BCUT2D eigenvalue weighted by Crippen LogP contribution is 2.11. The van der Waals surface area contributed by atoms with E-state index in [0.29, 0.717) is 0 Å². The predicted molar refractivity (Wildman–Crippen MR) is 75.0 cm³/mol. The molecule has 0 unspecified atom stereocenters. The Labute approximate surface area is 112 Å². The normalized spacial score (nSPS) is 27.0. The number of morpholine rings is 1. The van der Waals surface area contributed by atoms with Crippen LogP contribution in [0.25, 0.3) is 0 Å². The van der Waals surface area contributed by atoms with E-state index in [-0.39, 0.29) is 5.54 Å². The van der Waals surface area contributed by atoms with Crippen LogP contribution in [0.15, 0.2) is 0 Å². The fourth-order valence-electron chi connectivity index (χ4n) is 2.96. The zero-order chi connectivity index (χ0) is 12.8. The van der Waals surface area contributed by atoms with Gasteiger partial charge in [-0.05, 0) is 52.9 Å². The van der Waals surface area contributed by atoms with E-state index in [0.717, 1.165) is 32.8 Å². The standard InChI is InChI=1S/C14H29N3O/c1-14(2)13-17(6-3-5-15-14)8-4-7-16-9-11-18-12-10-16/h15H,3-13H2,1-2H3. The highest BCUT2D eigenvalue weighted by molar-refractivity contribution is 4.84. The summed E-state index contributed by atoms with van der Waals surface area (Å²) >= 11 is 0. The van der Waals surface area contributed by atoms with E-state index >= 15 is 0 Å². The average molecular weight is 255 g/mol. The molecule has 2 aliphatic heterocycles. The van der Waals surface area contributed by atoms with Gasteiger partial charge in [-0.25, -0.2) is 0 Å². The van der Waals surface area contributed by atoms with Gasteiger partial charge in [0.25, 0.3) is 0 Å². The number of nitrogens with zero attached hydrogens (tertiary/aromatic N) is 2. The van der Waals surface area contributed by atoms with Crippen molar-refractivity contribution in [3.05, 3.63) is 0 Å². The quantitative estimate of drug-likeness (QED) is 0.803. The molecule has 2 aliphatic rings. The van der Waals surface area contributed by atoms with E-state index in [2.05, 4.69) is 29.0 Å². The lowest BCUT2D eigenvalue weighted by molar-refractivity contribution is 0.0359. The Morgan fingerprint density at radius 3 is 2.56 bits per heavy atom. The summed E-state index contributed by atoms with van der Waals surface area (Å²) in [5.74, 6) is 0. The molecule has 0 bridgehead atoms. The SMILES string of the molecule is CC1(C)CN(CCCN2CCOCC2)CCCN1. The summed E-state index contributed by atoms with van der Waals surface area (Å²) in [6, 6.07) is 0. The van der Waals surface area contributed by atoms with Crippen LogP contribution in [0.1, 0.15) is 26.7 Å². The Morgan fingerprint density at radius 1 is 1.06 bits per heavy atom. The molecule has 2 heterocycles. The maximum absolute atomic E-state index is 5.38. The first-order chi connectivity index (χ1) is 8.66. The van der Waals surface area contributed by atoms with Gasteiger partial charge in [-0.3, -0.25) is 4.90 Å². The molecule has 18 heavy (non-hydrogen) atoms. The van der Waals surface area contributed by atoms with E-state index in [1.807, 2.05) is 0 Å². The molecule has 4 heteroatoms. The van der Waals surface area contributed by atoms with Crippen LogP contribution in [-0.2, 0) is 4.74 Å². The molecule has 4 nitrogen and oxygen atoms in total. The topological polar surface area (TPSA) is 27.7 Å². The van der Waals surface area contributed by atoms with Crippen molar-refractivity contribution in [2.45, 2.75) is 32.2 Å². The van der Waals surface area contributed by atoms with E-state index < -0.39 is 0 Å². The number of hydrogen-bond acceptors (Lipinski definition) is 4. The second kappa shape index (κ2) is 6.85. The van der Waals surface area contributed by atoms with Crippen LogP contribution in [0.5, 0.6) is 0 Å². The number of hydrogen-bond donors (Lipinski definition) is 1. The van der Waals surface area contributed by atoms with Gasteiger partial charge in [-0.15, -0.1) is 0 Å². The molecule has 0 aromatic carbocycles. The Bertz CT molecular complexity index is 239.